The molecule has 0 aromatic carbocycles. The topological polar surface area (TPSA) is 37.3 Å². The van der Waals surface area contributed by atoms with Crippen molar-refractivity contribution in [1.82, 2.24) is 0 Å². The number of carbonyl (C=O) groups is 1. The Morgan fingerprint density at radius 2 is 1.85 bits per heavy atom. The van der Waals surface area contributed by atoms with Crippen LogP contribution in [0, 0.1) is 11.8 Å². The zero-order valence-electron chi connectivity index (χ0n) is 13.7. The van der Waals surface area contributed by atoms with Crippen LogP contribution in [-0.2, 0) is 4.79 Å². The van der Waals surface area contributed by atoms with E-state index >= 15 is 0 Å². The van der Waals surface area contributed by atoms with E-state index in [0.29, 0.717) is 0 Å². The third-order valence-electron chi connectivity index (χ3n) is 3.84. The third-order valence-corrected chi connectivity index (χ3v) is 3.84. The lowest BCUT2D eigenvalue weighted by Gasteiger charge is -2.10. The van der Waals surface area contributed by atoms with Gasteiger partial charge in [0.05, 0.1) is 5.92 Å². The number of hydrogen-bond donors (Lipinski definition) is 1. The number of rotatable bonds is 11. The highest BCUT2D eigenvalue weighted by atomic mass is 16.4. The third kappa shape index (κ3) is 10.8. The minimum absolute atomic E-state index is 0.231. The highest BCUT2D eigenvalue weighted by Gasteiger charge is 2.08. The van der Waals surface area contributed by atoms with Gasteiger partial charge in [-0.25, -0.2) is 0 Å². The monoisotopic (exact) mass is 280 g/mol. The Kier molecular flexibility index (Phi) is 11.1. The summed E-state index contributed by atoms with van der Waals surface area (Å²) in [5.74, 6) is -0.122. The van der Waals surface area contributed by atoms with Crippen LogP contribution in [0.3, 0.4) is 0 Å². The van der Waals surface area contributed by atoms with Gasteiger partial charge in [0.2, 0.25) is 0 Å². The van der Waals surface area contributed by atoms with Gasteiger partial charge in [-0.05, 0) is 58.3 Å². The molecule has 0 aliphatic heterocycles. The van der Waals surface area contributed by atoms with E-state index in [2.05, 4.69) is 39.0 Å². The van der Waals surface area contributed by atoms with E-state index < -0.39 is 5.97 Å². The first kappa shape index (κ1) is 18.9. The van der Waals surface area contributed by atoms with E-state index in [1.165, 1.54) is 31.3 Å². The maximum Gasteiger partial charge on any atom is 0.306 e. The van der Waals surface area contributed by atoms with Crippen molar-refractivity contribution in [2.45, 2.75) is 72.6 Å². The number of carboxylic acid groups (broad SMARTS) is 1. The number of carboxylic acids is 1. The van der Waals surface area contributed by atoms with Crippen molar-refractivity contribution in [3.63, 3.8) is 0 Å². The Labute approximate surface area is 125 Å². The van der Waals surface area contributed by atoms with Crippen LogP contribution in [0.5, 0.6) is 0 Å². The highest BCUT2D eigenvalue weighted by Crippen LogP contribution is 2.17. The Morgan fingerprint density at radius 1 is 1.15 bits per heavy atom. The molecule has 0 aromatic heterocycles. The van der Waals surface area contributed by atoms with E-state index in [9.17, 15) is 4.79 Å². The molecule has 0 aromatic rings. The first-order chi connectivity index (χ1) is 9.47. The molecule has 2 atom stereocenters. The lowest BCUT2D eigenvalue weighted by molar-refractivity contribution is -0.141. The molecule has 0 saturated carbocycles. The van der Waals surface area contributed by atoms with Gasteiger partial charge in [0, 0.05) is 0 Å². The second-order valence-corrected chi connectivity index (χ2v) is 6.01. The van der Waals surface area contributed by atoms with Crippen molar-refractivity contribution in [3.8, 4) is 0 Å². The predicted molar refractivity (Wildman–Crippen MR) is 86.9 cm³/mol. The van der Waals surface area contributed by atoms with E-state index in [4.69, 9.17) is 5.11 Å². The number of aliphatic carboxylic acids is 1. The maximum atomic E-state index is 10.7. The van der Waals surface area contributed by atoms with E-state index in [-0.39, 0.29) is 5.92 Å². The van der Waals surface area contributed by atoms with Gasteiger partial charge in [0.25, 0.3) is 0 Å². The van der Waals surface area contributed by atoms with Crippen molar-refractivity contribution in [1.29, 1.82) is 0 Å². The number of hydrogen-bond acceptors (Lipinski definition) is 1. The average molecular weight is 280 g/mol. The van der Waals surface area contributed by atoms with Crippen molar-refractivity contribution in [2.75, 3.05) is 0 Å². The second-order valence-electron chi connectivity index (χ2n) is 6.01. The molecule has 2 unspecified atom stereocenters. The highest BCUT2D eigenvalue weighted by molar-refractivity contribution is 5.69. The van der Waals surface area contributed by atoms with Crippen LogP contribution < -0.4 is 0 Å². The molecule has 0 radical (unpaired) electrons. The largest absolute Gasteiger partial charge is 0.481 e. The SMILES string of the molecule is C/C=C\CCC(C)CCC/C(C)=C/CCC(C)C(=O)O. The van der Waals surface area contributed by atoms with Gasteiger partial charge >= 0.3 is 5.97 Å². The van der Waals surface area contributed by atoms with Crippen LogP contribution in [0.15, 0.2) is 23.8 Å². The molecule has 0 heterocycles. The molecule has 2 nitrogen and oxygen atoms in total. The second kappa shape index (κ2) is 11.7. The molecule has 116 valence electrons. The fraction of sp³-hybridized carbons (Fsp3) is 0.722. The van der Waals surface area contributed by atoms with Crippen molar-refractivity contribution in [2.24, 2.45) is 11.8 Å². The fourth-order valence-electron chi connectivity index (χ4n) is 2.23. The van der Waals surface area contributed by atoms with Crippen molar-refractivity contribution < 1.29 is 9.90 Å². The molecule has 0 bridgehead atoms. The minimum atomic E-state index is -0.689. The molecular weight excluding hydrogens is 248 g/mol. The first-order valence-electron chi connectivity index (χ1n) is 7.97. The van der Waals surface area contributed by atoms with Crippen molar-refractivity contribution >= 4 is 5.97 Å². The summed E-state index contributed by atoms with van der Waals surface area (Å²) in [4.78, 5) is 10.7. The summed E-state index contributed by atoms with van der Waals surface area (Å²) in [7, 11) is 0. The van der Waals surface area contributed by atoms with Crippen molar-refractivity contribution in [3.05, 3.63) is 23.8 Å². The molecule has 0 fully saturated rings. The normalized spacial score (nSPS) is 15.5. The standard InChI is InChI=1S/C18H32O2/c1-5-6-7-10-15(2)11-8-12-16(3)13-9-14-17(4)18(19)20/h5-6,13,15,17H,7-12,14H2,1-4H3,(H,19,20)/b6-5-,16-13+. The van der Waals surface area contributed by atoms with E-state index in [1.807, 2.05) is 0 Å². The Morgan fingerprint density at radius 3 is 2.45 bits per heavy atom. The van der Waals surface area contributed by atoms with Crippen LogP contribution >= 0.6 is 0 Å². The molecule has 0 aliphatic rings. The van der Waals surface area contributed by atoms with Gasteiger partial charge < -0.3 is 5.11 Å². The molecule has 0 rings (SSSR count). The predicted octanol–water partition coefficient (Wildman–Crippen LogP) is 5.60. The van der Waals surface area contributed by atoms with E-state index in [1.54, 1.807) is 6.92 Å². The summed E-state index contributed by atoms with van der Waals surface area (Å²) >= 11 is 0. The van der Waals surface area contributed by atoms with Gasteiger partial charge in [-0.15, -0.1) is 0 Å². The summed E-state index contributed by atoms with van der Waals surface area (Å²) in [5.41, 5.74) is 1.41. The Bertz CT molecular complexity index is 315. The molecule has 0 spiro atoms. The van der Waals surface area contributed by atoms with Crippen LogP contribution in [-0.4, -0.2) is 11.1 Å². The van der Waals surface area contributed by atoms with Crippen LogP contribution in [0.2, 0.25) is 0 Å². The summed E-state index contributed by atoms with van der Waals surface area (Å²) < 4.78 is 0. The van der Waals surface area contributed by atoms with Gasteiger partial charge in [-0.1, -0.05) is 44.1 Å². The zero-order valence-corrected chi connectivity index (χ0v) is 13.7. The fourth-order valence-corrected chi connectivity index (χ4v) is 2.23. The van der Waals surface area contributed by atoms with Gasteiger partial charge in [-0.3, -0.25) is 4.79 Å². The molecule has 20 heavy (non-hydrogen) atoms. The summed E-state index contributed by atoms with van der Waals surface area (Å²) in [6.07, 6.45) is 14.4. The van der Waals surface area contributed by atoms with Crippen LogP contribution in [0.1, 0.15) is 72.6 Å². The first-order valence-corrected chi connectivity index (χ1v) is 7.97. The Hall–Kier alpha value is -1.05. The smallest absolute Gasteiger partial charge is 0.306 e. The molecule has 1 N–H and O–H groups in total. The van der Waals surface area contributed by atoms with Crippen LogP contribution in [0.25, 0.3) is 0 Å². The Balaban J connectivity index is 3.70. The molecule has 2 heteroatoms. The lowest BCUT2D eigenvalue weighted by Crippen LogP contribution is -2.08. The summed E-state index contributed by atoms with van der Waals surface area (Å²) in [6.45, 7) is 8.34. The van der Waals surface area contributed by atoms with Crippen LogP contribution in [0.4, 0.5) is 0 Å². The molecule has 0 saturated heterocycles. The molecular formula is C18H32O2. The minimum Gasteiger partial charge on any atom is -0.481 e. The van der Waals surface area contributed by atoms with Gasteiger partial charge in [0.1, 0.15) is 0 Å². The van der Waals surface area contributed by atoms with E-state index in [0.717, 1.165) is 25.2 Å². The molecule has 0 aliphatic carbocycles. The number of allylic oxidation sites excluding steroid dienone is 4. The molecule has 0 amide bonds. The summed E-state index contributed by atoms with van der Waals surface area (Å²) in [5, 5.41) is 8.81. The average Bonchev–Trinajstić information content (AvgIpc) is 2.38. The lowest BCUT2D eigenvalue weighted by atomic mass is 9.96. The van der Waals surface area contributed by atoms with Gasteiger partial charge in [-0.2, -0.15) is 0 Å². The quantitative estimate of drug-likeness (QED) is 0.500. The maximum absolute atomic E-state index is 10.7. The zero-order chi connectivity index (χ0) is 15.4. The van der Waals surface area contributed by atoms with Gasteiger partial charge in [0.15, 0.2) is 0 Å². The summed E-state index contributed by atoms with van der Waals surface area (Å²) in [6, 6.07) is 0.